The standard InChI is InChI=1S/C11H14ClNO3S/c12-8-3-10(17-7-8)5-13-1-2-16-6-9(13)4-11(14)15/h3,7,9H,1-2,4-6H2,(H,14,15). The third kappa shape index (κ3) is 3.67. The van der Waals surface area contributed by atoms with Crippen molar-refractivity contribution in [1.29, 1.82) is 0 Å². The first-order chi connectivity index (χ1) is 8.15. The Morgan fingerprint density at radius 3 is 3.18 bits per heavy atom. The maximum Gasteiger partial charge on any atom is 0.305 e. The van der Waals surface area contributed by atoms with Crippen molar-refractivity contribution >= 4 is 28.9 Å². The molecule has 1 N–H and O–H groups in total. The molecule has 0 aromatic carbocycles. The van der Waals surface area contributed by atoms with Gasteiger partial charge in [0.1, 0.15) is 0 Å². The molecule has 0 bridgehead atoms. The number of halogens is 1. The Balaban J connectivity index is 1.98. The average molecular weight is 276 g/mol. The monoisotopic (exact) mass is 275 g/mol. The Morgan fingerprint density at radius 2 is 2.53 bits per heavy atom. The molecule has 0 aliphatic carbocycles. The molecule has 1 unspecified atom stereocenters. The van der Waals surface area contributed by atoms with Crippen molar-refractivity contribution in [2.45, 2.75) is 19.0 Å². The molecule has 1 saturated heterocycles. The quantitative estimate of drug-likeness (QED) is 0.914. The lowest BCUT2D eigenvalue weighted by Gasteiger charge is -2.34. The van der Waals surface area contributed by atoms with Crippen molar-refractivity contribution in [2.75, 3.05) is 19.8 Å². The van der Waals surface area contributed by atoms with E-state index >= 15 is 0 Å². The predicted molar refractivity (Wildman–Crippen MR) is 66.6 cm³/mol. The number of hydrogen-bond donors (Lipinski definition) is 1. The SMILES string of the molecule is O=C(O)CC1COCCN1Cc1cc(Cl)cs1. The molecule has 1 aliphatic heterocycles. The van der Waals surface area contributed by atoms with E-state index < -0.39 is 5.97 Å². The number of carboxylic acids is 1. The van der Waals surface area contributed by atoms with Crippen LogP contribution in [0.25, 0.3) is 0 Å². The van der Waals surface area contributed by atoms with E-state index in [1.165, 1.54) is 0 Å². The third-order valence-corrected chi connectivity index (χ3v) is 4.01. The van der Waals surface area contributed by atoms with E-state index in [0.29, 0.717) is 13.2 Å². The Hall–Kier alpha value is -0.620. The van der Waals surface area contributed by atoms with Crippen LogP contribution in [0, 0.1) is 0 Å². The molecule has 1 atom stereocenters. The minimum absolute atomic E-state index is 0.0397. The van der Waals surface area contributed by atoms with Gasteiger partial charge >= 0.3 is 5.97 Å². The third-order valence-electron chi connectivity index (χ3n) is 2.74. The van der Waals surface area contributed by atoms with Crippen LogP contribution >= 0.6 is 22.9 Å². The Labute approximate surface area is 109 Å². The number of thiophene rings is 1. The van der Waals surface area contributed by atoms with Gasteiger partial charge in [-0.2, -0.15) is 0 Å². The van der Waals surface area contributed by atoms with Crippen LogP contribution in [0.15, 0.2) is 11.4 Å². The number of ether oxygens (including phenoxy) is 1. The number of nitrogens with zero attached hydrogens (tertiary/aromatic N) is 1. The molecule has 4 nitrogen and oxygen atoms in total. The number of rotatable bonds is 4. The summed E-state index contributed by atoms with van der Waals surface area (Å²) < 4.78 is 5.33. The fourth-order valence-electron chi connectivity index (χ4n) is 1.92. The van der Waals surface area contributed by atoms with E-state index in [4.69, 9.17) is 21.4 Å². The van der Waals surface area contributed by atoms with Crippen LogP contribution in [-0.4, -0.2) is 41.8 Å². The zero-order valence-corrected chi connectivity index (χ0v) is 10.8. The van der Waals surface area contributed by atoms with Gasteiger partial charge in [0.25, 0.3) is 0 Å². The molecule has 94 valence electrons. The molecule has 0 amide bonds. The summed E-state index contributed by atoms with van der Waals surface area (Å²) in [7, 11) is 0. The molecule has 1 aromatic heterocycles. The molecule has 2 rings (SSSR count). The molecule has 17 heavy (non-hydrogen) atoms. The Bertz CT molecular complexity index is 396. The molecule has 2 heterocycles. The highest BCUT2D eigenvalue weighted by Crippen LogP contribution is 2.22. The number of hydrogen-bond acceptors (Lipinski definition) is 4. The fraction of sp³-hybridized carbons (Fsp3) is 0.545. The van der Waals surface area contributed by atoms with E-state index in [-0.39, 0.29) is 12.5 Å². The number of aliphatic carboxylic acids is 1. The second-order valence-electron chi connectivity index (χ2n) is 4.03. The largest absolute Gasteiger partial charge is 0.481 e. The molecule has 1 fully saturated rings. The van der Waals surface area contributed by atoms with Gasteiger partial charge in [0.05, 0.1) is 24.7 Å². The van der Waals surface area contributed by atoms with E-state index in [0.717, 1.165) is 23.0 Å². The van der Waals surface area contributed by atoms with E-state index in [9.17, 15) is 4.79 Å². The van der Waals surface area contributed by atoms with Crippen LogP contribution in [0.2, 0.25) is 5.02 Å². The summed E-state index contributed by atoms with van der Waals surface area (Å²) >= 11 is 7.47. The Kier molecular flexibility index (Phi) is 4.39. The number of morpholine rings is 1. The highest BCUT2D eigenvalue weighted by atomic mass is 35.5. The second-order valence-corrected chi connectivity index (χ2v) is 5.46. The summed E-state index contributed by atoms with van der Waals surface area (Å²) in [5.74, 6) is -0.783. The summed E-state index contributed by atoms with van der Waals surface area (Å²) in [6, 6.07) is 1.89. The topological polar surface area (TPSA) is 49.8 Å². The fourth-order valence-corrected chi connectivity index (χ4v) is 3.02. The van der Waals surface area contributed by atoms with Crippen molar-refractivity contribution in [3.63, 3.8) is 0 Å². The van der Waals surface area contributed by atoms with Gasteiger partial charge in [0.15, 0.2) is 0 Å². The molecule has 0 saturated carbocycles. The molecule has 0 radical (unpaired) electrons. The van der Waals surface area contributed by atoms with Gasteiger partial charge in [-0.3, -0.25) is 9.69 Å². The summed E-state index contributed by atoms with van der Waals surface area (Å²) in [6.07, 6.45) is 0.124. The first-order valence-electron chi connectivity index (χ1n) is 5.41. The highest BCUT2D eigenvalue weighted by Gasteiger charge is 2.25. The molecule has 6 heteroatoms. The lowest BCUT2D eigenvalue weighted by molar-refractivity contribution is -0.140. The van der Waals surface area contributed by atoms with Gasteiger partial charge in [-0.1, -0.05) is 11.6 Å². The van der Waals surface area contributed by atoms with Crippen LogP contribution < -0.4 is 0 Å². The van der Waals surface area contributed by atoms with Crippen LogP contribution in [0.3, 0.4) is 0 Å². The van der Waals surface area contributed by atoms with Gasteiger partial charge in [0.2, 0.25) is 0 Å². The smallest absolute Gasteiger partial charge is 0.305 e. The number of carboxylic acid groups (broad SMARTS) is 1. The van der Waals surface area contributed by atoms with E-state index in [2.05, 4.69) is 4.90 Å². The lowest BCUT2D eigenvalue weighted by Crippen LogP contribution is -2.45. The summed E-state index contributed by atoms with van der Waals surface area (Å²) in [4.78, 5) is 14.1. The molecular weight excluding hydrogens is 262 g/mol. The van der Waals surface area contributed by atoms with Gasteiger partial charge < -0.3 is 9.84 Å². The first-order valence-corrected chi connectivity index (χ1v) is 6.67. The van der Waals surface area contributed by atoms with Crippen LogP contribution in [-0.2, 0) is 16.1 Å². The van der Waals surface area contributed by atoms with Crippen molar-refractivity contribution in [1.82, 2.24) is 4.90 Å². The molecule has 0 spiro atoms. The van der Waals surface area contributed by atoms with E-state index in [1.807, 2.05) is 11.4 Å². The van der Waals surface area contributed by atoms with Gasteiger partial charge in [-0.15, -0.1) is 11.3 Å². The van der Waals surface area contributed by atoms with E-state index in [1.54, 1.807) is 11.3 Å². The van der Waals surface area contributed by atoms with Crippen molar-refractivity contribution in [3.05, 3.63) is 21.3 Å². The van der Waals surface area contributed by atoms with Crippen molar-refractivity contribution in [3.8, 4) is 0 Å². The average Bonchev–Trinajstić information content (AvgIpc) is 2.66. The Morgan fingerprint density at radius 1 is 1.71 bits per heavy atom. The van der Waals surface area contributed by atoms with Crippen LogP contribution in [0.4, 0.5) is 0 Å². The van der Waals surface area contributed by atoms with Crippen molar-refractivity contribution in [2.24, 2.45) is 0 Å². The van der Waals surface area contributed by atoms with Gasteiger partial charge in [-0.05, 0) is 6.07 Å². The first kappa shape index (κ1) is 12.8. The summed E-state index contributed by atoms with van der Waals surface area (Å²) in [6.45, 7) is 2.67. The zero-order valence-electron chi connectivity index (χ0n) is 9.26. The predicted octanol–water partition coefficient (Wildman–Crippen LogP) is 2.08. The normalized spacial score (nSPS) is 21.6. The van der Waals surface area contributed by atoms with Crippen molar-refractivity contribution < 1.29 is 14.6 Å². The highest BCUT2D eigenvalue weighted by molar-refractivity contribution is 7.10. The van der Waals surface area contributed by atoms with Crippen LogP contribution in [0.1, 0.15) is 11.3 Å². The molecule has 1 aliphatic rings. The zero-order chi connectivity index (χ0) is 12.3. The summed E-state index contributed by atoms with van der Waals surface area (Å²) in [5.41, 5.74) is 0. The second kappa shape index (κ2) is 5.82. The molecule has 1 aromatic rings. The van der Waals surface area contributed by atoms with Crippen LogP contribution in [0.5, 0.6) is 0 Å². The van der Waals surface area contributed by atoms with Gasteiger partial charge in [0, 0.05) is 29.4 Å². The van der Waals surface area contributed by atoms with Gasteiger partial charge in [-0.25, -0.2) is 0 Å². The summed E-state index contributed by atoms with van der Waals surface area (Å²) in [5, 5.41) is 11.5. The lowest BCUT2D eigenvalue weighted by atomic mass is 10.1. The maximum absolute atomic E-state index is 10.8. The number of carbonyl (C=O) groups is 1. The molecular formula is C11H14ClNO3S. The minimum Gasteiger partial charge on any atom is -0.481 e. The maximum atomic E-state index is 10.8. The minimum atomic E-state index is -0.783.